The van der Waals surface area contributed by atoms with Crippen LogP contribution in [0, 0.1) is 0 Å². The van der Waals surface area contributed by atoms with E-state index < -0.39 is 11.2 Å². The van der Waals surface area contributed by atoms with E-state index in [1.54, 1.807) is 11.8 Å². The fraction of sp³-hybridized carbons (Fsp3) is 0.640. The van der Waals surface area contributed by atoms with Crippen LogP contribution in [-0.4, -0.2) is 48.0 Å². The van der Waals surface area contributed by atoms with E-state index in [1.807, 2.05) is 29.3 Å². The summed E-state index contributed by atoms with van der Waals surface area (Å²) in [4.78, 5) is 12.9. The maximum Gasteiger partial charge on any atom is 0.231 e. The highest BCUT2D eigenvalue weighted by molar-refractivity contribution is 9.11. The average molecular weight is 638 g/mol. The SMILES string of the molecule is CCCCCCCC[S+]([O-])C(C)Cc1ccc2c(c1)OCO2.O=C1C[C@H]2SC(Br)C(CBr)=CN12. The highest BCUT2D eigenvalue weighted by Crippen LogP contribution is 2.42. The van der Waals surface area contributed by atoms with Crippen molar-refractivity contribution in [1.29, 1.82) is 0 Å². The first-order valence-corrected chi connectivity index (χ1v) is 16.4. The van der Waals surface area contributed by atoms with Gasteiger partial charge in [0.05, 0.1) is 16.0 Å². The molecular weight excluding hydrogens is 602 g/mol. The zero-order chi connectivity index (χ0) is 24.5. The Balaban J connectivity index is 0.000000226. The van der Waals surface area contributed by atoms with Crippen molar-refractivity contribution >= 4 is 60.7 Å². The van der Waals surface area contributed by atoms with E-state index in [9.17, 15) is 9.35 Å². The summed E-state index contributed by atoms with van der Waals surface area (Å²) in [7, 11) is 0. The number of thioether (sulfide) groups is 1. The zero-order valence-electron chi connectivity index (χ0n) is 20.0. The van der Waals surface area contributed by atoms with Crippen LogP contribution in [0.2, 0.25) is 0 Å². The van der Waals surface area contributed by atoms with Gasteiger partial charge in [-0.25, -0.2) is 0 Å². The number of carbonyl (C=O) groups excluding carboxylic acids is 1. The molecule has 0 bridgehead atoms. The van der Waals surface area contributed by atoms with Crippen LogP contribution in [0.3, 0.4) is 0 Å². The third-order valence-corrected chi connectivity index (χ3v) is 11.0. The number of fused-ring (bicyclic) bond motifs is 2. The van der Waals surface area contributed by atoms with Crippen LogP contribution in [0.4, 0.5) is 0 Å². The molecular formula is C25H35Br2NO4S2. The van der Waals surface area contributed by atoms with Crippen molar-refractivity contribution in [2.24, 2.45) is 0 Å². The fourth-order valence-electron chi connectivity index (χ4n) is 3.95. The zero-order valence-corrected chi connectivity index (χ0v) is 24.8. The summed E-state index contributed by atoms with van der Waals surface area (Å²) in [5, 5.41) is 1.40. The van der Waals surface area contributed by atoms with Crippen LogP contribution in [0.15, 0.2) is 30.0 Å². The van der Waals surface area contributed by atoms with Crippen LogP contribution in [0.5, 0.6) is 11.5 Å². The summed E-state index contributed by atoms with van der Waals surface area (Å²) in [5.41, 5.74) is 2.40. The van der Waals surface area contributed by atoms with Gasteiger partial charge in [0.2, 0.25) is 12.7 Å². The van der Waals surface area contributed by atoms with Gasteiger partial charge in [-0.05, 0) is 43.0 Å². The topological polar surface area (TPSA) is 61.8 Å². The van der Waals surface area contributed by atoms with Gasteiger partial charge in [0.25, 0.3) is 0 Å². The number of β-lactam (4-membered cyclic amide) rings is 1. The number of rotatable bonds is 11. The van der Waals surface area contributed by atoms with Gasteiger partial charge in [-0.2, -0.15) is 0 Å². The summed E-state index contributed by atoms with van der Waals surface area (Å²) < 4.78 is 23.4. The maximum atomic E-state index is 12.3. The van der Waals surface area contributed by atoms with Crippen LogP contribution >= 0.6 is 43.6 Å². The molecule has 3 unspecified atom stereocenters. The van der Waals surface area contributed by atoms with Crippen molar-refractivity contribution in [2.45, 2.75) is 80.0 Å². The molecule has 4 atom stereocenters. The van der Waals surface area contributed by atoms with Gasteiger partial charge in [0.15, 0.2) is 11.5 Å². The Morgan fingerprint density at radius 2 is 1.94 bits per heavy atom. The van der Waals surface area contributed by atoms with Crippen LogP contribution in [0.1, 0.15) is 64.4 Å². The lowest BCUT2D eigenvalue weighted by Gasteiger charge is -2.42. The normalized spacial score (nSPS) is 22.2. The number of nitrogens with zero attached hydrogens (tertiary/aromatic N) is 1. The number of benzene rings is 1. The van der Waals surface area contributed by atoms with E-state index in [1.165, 1.54) is 43.2 Å². The second-order valence-corrected chi connectivity index (χ2v) is 14.1. The standard InChI is InChI=1S/C18H28O3S.C7H7Br2NOS/c1-3-4-5-6-7-8-11-22(19)15(2)12-16-9-10-17-18(13-16)21-14-20-17;8-2-4-3-10-5(11)1-6(10)12-7(4)9/h9-10,13,15H,3-8,11-12,14H2,1-2H3;3,6-7H,1-2H2/t;6-,7?/m.1/s1. The maximum absolute atomic E-state index is 12.3. The number of unbranched alkanes of at least 4 members (excludes halogenated alkanes) is 5. The summed E-state index contributed by atoms with van der Waals surface area (Å²) in [5.74, 6) is 2.69. The Morgan fingerprint density at radius 3 is 2.68 bits per heavy atom. The van der Waals surface area contributed by atoms with E-state index in [2.05, 4.69) is 45.7 Å². The van der Waals surface area contributed by atoms with Crippen molar-refractivity contribution in [3.05, 3.63) is 35.5 Å². The second-order valence-electron chi connectivity index (χ2n) is 8.80. The Bertz CT molecular complexity index is 841. The summed E-state index contributed by atoms with van der Waals surface area (Å²) in [6.45, 7) is 4.61. The van der Waals surface area contributed by atoms with Crippen molar-refractivity contribution < 1.29 is 18.8 Å². The Morgan fingerprint density at radius 1 is 1.21 bits per heavy atom. The number of ether oxygens (including phenoxy) is 2. The third-order valence-electron chi connectivity index (χ3n) is 6.08. The van der Waals surface area contributed by atoms with E-state index in [0.717, 1.165) is 35.4 Å². The first-order chi connectivity index (χ1) is 16.4. The largest absolute Gasteiger partial charge is 0.616 e. The highest BCUT2D eigenvalue weighted by atomic mass is 79.9. The van der Waals surface area contributed by atoms with Crippen molar-refractivity contribution in [1.82, 2.24) is 4.90 Å². The molecule has 3 heterocycles. The first-order valence-electron chi connectivity index (χ1n) is 12.1. The van der Waals surface area contributed by atoms with Gasteiger partial charge < -0.3 is 18.9 Å². The molecule has 0 aromatic heterocycles. The van der Waals surface area contributed by atoms with Crippen molar-refractivity contribution in [2.75, 3.05) is 17.9 Å². The molecule has 1 fully saturated rings. The average Bonchev–Trinajstić information content (AvgIpc) is 3.29. The third kappa shape index (κ3) is 8.08. The summed E-state index contributed by atoms with van der Waals surface area (Å²) in [6.07, 6.45) is 11.0. The second kappa shape index (κ2) is 14.4. The van der Waals surface area contributed by atoms with Gasteiger partial charge in [-0.15, -0.1) is 11.8 Å². The minimum Gasteiger partial charge on any atom is -0.616 e. The predicted molar refractivity (Wildman–Crippen MR) is 150 cm³/mol. The van der Waals surface area contributed by atoms with Crippen LogP contribution < -0.4 is 9.47 Å². The number of halogens is 2. The lowest BCUT2D eigenvalue weighted by molar-refractivity contribution is -0.137. The van der Waals surface area contributed by atoms with Gasteiger partial charge in [0.1, 0.15) is 11.0 Å². The van der Waals surface area contributed by atoms with Gasteiger partial charge in [-0.3, -0.25) is 4.79 Å². The van der Waals surface area contributed by atoms with E-state index in [4.69, 9.17) is 9.47 Å². The van der Waals surface area contributed by atoms with E-state index in [0.29, 0.717) is 22.7 Å². The minimum absolute atomic E-state index is 0.191. The molecule has 0 spiro atoms. The van der Waals surface area contributed by atoms with E-state index >= 15 is 0 Å². The smallest absolute Gasteiger partial charge is 0.231 e. The predicted octanol–water partition coefficient (Wildman–Crippen LogP) is 6.75. The summed E-state index contributed by atoms with van der Waals surface area (Å²) in [6, 6.07) is 6.01. The molecule has 3 aliphatic rings. The molecule has 1 saturated heterocycles. The Kier molecular flexibility index (Phi) is 12.0. The monoisotopic (exact) mass is 635 g/mol. The number of amides is 1. The number of hydrogen-bond donors (Lipinski definition) is 0. The van der Waals surface area contributed by atoms with Gasteiger partial charge >= 0.3 is 0 Å². The molecule has 0 saturated carbocycles. The fourth-order valence-corrected chi connectivity index (χ4v) is 8.50. The summed E-state index contributed by atoms with van der Waals surface area (Å²) >= 11 is 8.01. The lowest BCUT2D eigenvalue weighted by atomic mass is 10.1. The Hall–Kier alpha value is -0.350. The highest BCUT2D eigenvalue weighted by Gasteiger charge is 2.40. The molecule has 0 N–H and O–H groups in total. The molecule has 1 aromatic rings. The van der Waals surface area contributed by atoms with Gasteiger partial charge in [0, 0.05) is 18.0 Å². The van der Waals surface area contributed by atoms with Gasteiger partial charge in [-0.1, -0.05) is 81.7 Å². The van der Waals surface area contributed by atoms with Crippen molar-refractivity contribution in [3.8, 4) is 11.5 Å². The Labute approximate surface area is 228 Å². The molecule has 5 nitrogen and oxygen atoms in total. The molecule has 0 aliphatic carbocycles. The molecule has 0 radical (unpaired) electrons. The number of carbonyl (C=O) groups is 1. The van der Waals surface area contributed by atoms with Crippen molar-refractivity contribution in [3.63, 3.8) is 0 Å². The molecule has 3 aliphatic heterocycles. The van der Waals surface area contributed by atoms with Crippen LogP contribution in [0.25, 0.3) is 0 Å². The lowest BCUT2D eigenvalue weighted by Crippen LogP contribution is -2.50. The number of alkyl halides is 2. The number of hydrogen-bond acceptors (Lipinski definition) is 5. The van der Waals surface area contributed by atoms with Crippen LogP contribution in [-0.2, 0) is 22.4 Å². The molecule has 34 heavy (non-hydrogen) atoms. The molecule has 1 amide bonds. The molecule has 4 rings (SSSR count). The molecule has 1 aromatic carbocycles. The minimum atomic E-state index is -0.743. The molecule has 190 valence electrons. The van der Waals surface area contributed by atoms with E-state index in [-0.39, 0.29) is 11.2 Å². The quantitative estimate of drug-likeness (QED) is 0.116. The first kappa shape index (κ1) is 28.2. The molecule has 9 heteroatoms.